The summed E-state index contributed by atoms with van der Waals surface area (Å²) < 4.78 is 0. The smallest absolute Gasteiger partial charge is 0.320 e. The Hall–Kier alpha value is -1.55. The standard InChI is InChI=1S/C12H17NO3/c1-7(2)8-3-4-9(11(14)6-8)5-10(13)12(15)16/h3-4,6-7,10,14H,5,13H2,1-2H3,(H,15,16). The van der Waals surface area contributed by atoms with Crippen molar-refractivity contribution in [1.82, 2.24) is 0 Å². The fraction of sp³-hybridized carbons (Fsp3) is 0.417. The number of benzene rings is 1. The van der Waals surface area contributed by atoms with Crippen LogP contribution in [0.3, 0.4) is 0 Å². The predicted octanol–water partition coefficient (Wildman–Crippen LogP) is 1.47. The van der Waals surface area contributed by atoms with E-state index in [0.717, 1.165) is 5.56 Å². The summed E-state index contributed by atoms with van der Waals surface area (Å²) in [6.45, 7) is 4.05. The number of nitrogens with two attached hydrogens (primary N) is 1. The predicted molar refractivity (Wildman–Crippen MR) is 61.5 cm³/mol. The van der Waals surface area contributed by atoms with Gasteiger partial charge in [-0.2, -0.15) is 0 Å². The summed E-state index contributed by atoms with van der Waals surface area (Å²) in [6, 6.07) is 4.30. The summed E-state index contributed by atoms with van der Waals surface area (Å²) in [4.78, 5) is 10.6. The molecule has 0 aromatic heterocycles. The third kappa shape index (κ3) is 2.97. The van der Waals surface area contributed by atoms with E-state index in [0.29, 0.717) is 11.5 Å². The first-order valence-electron chi connectivity index (χ1n) is 5.22. The minimum Gasteiger partial charge on any atom is -0.508 e. The van der Waals surface area contributed by atoms with Gasteiger partial charge in [-0.25, -0.2) is 0 Å². The van der Waals surface area contributed by atoms with Crippen LogP contribution < -0.4 is 5.73 Å². The maximum atomic E-state index is 10.6. The van der Waals surface area contributed by atoms with Crippen molar-refractivity contribution in [2.24, 2.45) is 5.73 Å². The minimum atomic E-state index is -1.06. The van der Waals surface area contributed by atoms with E-state index in [-0.39, 0.29) is 12.2 Å². The minimum absolute atomic E-state index is 0.114. The summed E-state index contributed by atoms with van der Waals surface area (Å²) in [6.07, 6.45) is 0.138. The summed E-state index contributed by atoms with van der Waals surface area (Å²) in [5, 5.41) is 18.4. The Bertz CT molecular complexity index is 388. The van der Waals surface area contributed by atoms with Crippen molar-refractivity contribution >= 4 is 5.97 Å². The molecule has 1 aromatic carbocycles. The lowest BCUT2D eigenvalue weighted by atomic mass is 9.98. The molecule has 0 heterocycles. The van der Waals surface area contributed by atoms with Gasteiger partial charge in [-0.3, -0.25) is 4.79 Å². The Morgan fingerprint density at radius 1 is 1.44 bits per heavy atom. The number of aromatic hydroxyl groups is 1. The maximum absolute atomic E-state index is 10.6. The molecule has 4 N–H and O–H groups in total. The number of phenols is 1. The highest BCUT2D eigenvalue weighted by Gasteiger charge is 2.14. The van der Waals surface area contributed by atoms with E-state index in [4.69, 9.17) is 10.8 Å². The van der Waals surface area contributed by atoms with Crippen molar-refractivity contribution in [1.29, 1.82) is 0 Å². The molecule has 0 amide bonds. The van der Waals surface area contributed by atoms with Crippen LogP contribution in [0.2, 0.25) is 0 Å². The van der Waals surface area contributed by atoms with Crippen LogP contribution in [0.4, 0.5) is 0 Å². The molecule has 88 valence electrons. The molecular weight excluding hydrogens is 206 g/mol. The van der Waals surface area contributed by atoms with Gasteiger partial charge < -0.3 is 15.9 Å². The lowest BCUT2D eigenvalue weighted by Gasteiger charge is -2.11. The molecule has 0 spiro atoms. The van der Waals surface area contributed by atoms with E-state index < -0.39 is 12.0 Å². The zero-order valence-electron chi connectivity index (χ0n) is 9.47. The number of hydrogen-bond acceptors (Lipinski definition) is 3. The van der Waals surface area contributed by atoms with Gasteiger partial charge >= 0.3 is 5.97 Å². The van der Waals surface area contributed by atoms with Gasteiger partial charge in [0.05, 0.1) is 0 Å². The van der Waals surface area contributed by atoms with Crippen LogP contribution in [0.5, 0.6) is 5.75 Å². The van der Waals surface area contributed by atoms with Gasteiger partial charge in [0.25, 0.3) is 0 Å². The lowest BCUT2D eigenvalue weighted by Crippen LogP contribution is -2.32. The first-order valence-corrected chi connectivity index (χ1v) is 5.22. The van der Waals surface area contributed by atoms with E-state index in [2.05, 4.69) is 0 Å². The van der Waals surface area contributed by atoms with Gasteiger partial charge in [0.15, 0.2) is 0 Å². The van der Waals surface area contributed by atoms with Crippen molar-refractivity contribution in [2.75, 3.05) is 0 Å². The quantitative estimate of drug-likeness (QED) is 0.721. The Labute approximate surface area is 94.7 Å². The van der Waals surface area contributed by atoms with Crippen LogP contribution in [0.15, 0.2) is 18.2 Å². The van der Waals surface area contributed by atoms with E-state index in [1.807, 2.05) is 19.9 Å². The van der Waals surface area contributed by atoms with Crippen molar-refractivity contribution in [3.63, 3.8) is 0 Å². The maximum Gasteiger partial charge on any atom is 0.320 e. The highest BCUT2D eigenvalue weighted by molar-refractivity contribution is 5.73. The third-order valence-electron chi connectivity index (χ3n) is 2.53. The molecule has 0 saturated carbocycles. The molecule has 4 heteroatoms. The van der Waals surface area contributed by atoms with Gasteiger partial charge in [-0.15, -0.1) is 0 Å². The summed E-state index contributed by atoms with van der Waals surface area (Å²) in [7, 11) is 0. The summed E-state index contributed by atoms with van der Waals surface area (Å²) >= 11 is 0. The Kier molecular flexibility index (Phi) is 3.90. The second kappa shape index (κ2) is 4.99. The Balaban J connectivity index is 2.87. The molecule has 1 atom stereocenters. The fourth-order valence-corrected chi connectivity index (χ4v) is 1.44. The molecule has 0 aliphatic rings. The number of carboxylic acids is 1. The number of carboxylic acid groups (broad SMARTS) is 1. The molecule has 0 radical (unpaired) electrons. The van der Waals surface area contributed by atoms with Gasteiger partial charge in [0.1, 0.15) is 11.8 Å². The molecular formula is C12H17NO3. The van der Waals surface area contributed by atoms with Gasteiger partial charge in [0, 0.05) is 6.42 Å². The number of aliphatic carboxylic acids is 1. The van der Waals surface area contributed by atoms with E-state index in [9.17, 15) is 9.90 Å². The largest absolute Gasteiger partial charge is 0.508 e. The third-order valence-corrected chi connectivity index (χ3v) is 2.53. The topological polar surface area (TPSA) is 83.6 Å². The van der Waals surface area contributed by atoms with E-state index in [1.54, 1.807) is 12.1 Å². The van der Waals surface area contributed by atoms with Crippen molar-refractivity contribution < 1.29 is 15.0 Å². The van der Waals surface area contributed by atoms with Gasteiger partial charge in [-0.05, 0) is 23.1 Å². The van der Waals surface area contributed by atoms with E-state index >= 15 is 0 Å². The second-order valence-electron chi connectivity index (χ2n) is 4.19. The molecule has 0 aliphatic heterocycles. The average molecular weight is 223 g/mol. The van der Waals surface area contributed by atoms with Crippen LogP contribution in [-0.4, -0.2) is 22.2 Å². The van der Waals surface area contributed by atoms with Crippen molar-refractivity contribution in [2.45, 2.75) is 32.2 Å². The summed E-state index contributed by atoms with van der Waals surface area (Å²) in [5.41, 5.74) is 6.99. The first-order chi connectivity index (χ1) is 7.41. The van der Waals surface area contributed by atoms with Crippen LogP contribution in [0.25, 0.3) is 0 Å². The van der Waals surface area contributed by atoms with E-state index in [1.165, 1.54) is 0 Å². The molecule has 1 aromatic rings. The molecule has 1 rings (SSSR count). The fourth-order valence-electron chi connectivity index (χ4n) is 1.44. The van der Waals surface area contributed by atoms with Crippen LogP contribution in [0, 0.1) is 0 Å². The number of rotatable bonds is 4. The SMILES string of the molecule is CC(C)c1ccc(CC(N)C(=O)O)c(O)c1. The number of carbonyl (C=O) groups is 1. The molecule has 0 saturated heterocycles. The monoisotopic (exact) mass is 223 g/mol. The first kappa shape index (κ1) is 12.5. The lowest BCUT2D eigenvalue weighted by molar-refractivity contribution is -0.138. The van der Waals surface area contributed by atoms with Crippen LogP contribution in [0.1, 0.15) is 30.9 Å². The van der Waals surface area contributed by atoms with Crippen molar-refractivity contribution in [3.05, 3.63) is 29.3 Å². The molecule has 0 bridgehead atoms. The molecule has 16 heavy (non-hydrogen) atoms. The van der Waals surface area contributed by atoms with Gasteiger partial charge in [0.2, 0.25) is 0 Å². The van der Waals surface area contributed by atoms with Crippen molar-refractivity contribution in [3.8, 4) is 5.75 Å². The van der Waals surface area contributed by atoms with Crippen LogP contribution in [-0.2, 0) is 11.2 Å². The Morgan fingerprint density at radius 3 is 2.50 bits per heavy atom. The highest BCUT2D eigenvalue weighted by atomic mass is 16.4. The number of phenolic OH excluding ortho intramolecular Hbond substituents is 1. The molecule has 1 unspecified atom stereocenters. The van der Waals surface area contributed by atoms with Crippen LogP contribution >= 0.6 is 0 Å². The molecule has 4 nitrogen and oxygen atoms in total. The molecule has 0 fully saturated rings. The Morgan fingerprint density at radius 2 is 2.06 bits per heavy atom. The van der Waals surface area contributed by atoms with Gasteiger partial charge in [-0.1, -0.05) is 26.0 Å². The zero-order chi connectivity index (χ0) is 12.3. The second-order valence-corrected chi connectivity index (χ2v) is 4.19. The number of hydrogen-bond donors (Lipinski definition) is 3. The summed E-state index contributed by atoms with van der Waals surface area (Å²) in [5.74, 6) is -0.622. The molecule has 0 aliphatic carbocycles. The highest BCUT2D eigenvalue weighted by Crippen LogP contribution is 2.24. The zero-order valence-corrected chi connectivity index (χ0v) is 9.47. The average Bonchev–Trinajstić information content (AvgIpc) is 2.20. The normalized spacial score (nSPS) is 12.8.